The van der Waals surface area contributed by atoms with Gasteiger partial charge in [0.15, 0.2) is 0 Å². The van der Waals surface area contributed by atoms with Crippen molar-refractivity contribution in [3.8, 4) is 0 Å². The normalized spacial score (nSPS) is 10.5. The van der Waals surface area contributed by atoms with Crippen LogP contribution in [-0.4, -0.2) is 10.9 Å². The van der Waals surface area contributed by atoms with Crippen molar-refractivity contribution < 1.29 is 9.18 Å². The van der Waals surface area contributed by atoms with E-state index in [9.17, 15) is 14.0 Å². The van der Waals surface area contributed by atoms with Gasteiger partial charge in [0.1, 0.15) is 11.4 Å². The van der Waals surface area contributed by atoms with Crippen molar-refractivity contribution in [2.45, 2.75) is 0 Å². The average Bonchev–Trinajstić information content (AvgIpc) is 2.49. The van der Waals surface area contributed by atoms with Crippen molar-refractivity contribution in [2.75, 3.05) is 5.32 Å². The Balaban J connectivity index is 2.02. The molecule has 2 aromatic carbocycles. The second-order valence-electron chi connectivity index (χ2n) is 4.54. The lowest BCUT2D eigenvalue weighted by molar-refractivity contribution is 0.102. The number of amides is 1. The number of hydrogen-bond donors (Lipinski definition) is 2. The highest BCUT2D eigenvalue weighted by Gasteiger charge is 2.13. The lowest BCUT2D eigenvalue weighted by atomic mass is 10.1. The van der Waals surface area contributed by atoms with E-state index in [1.165, 1.54) is 18.3 Å². The number of benzene rings is 2. The number of anilines is 1. The molecule has 104 valence electrons. The van der Waals surface area contributed by atoms with Crippen molar-refractivity contribution in [1.82, 2.24) is 4.98 Å². The van der Waals surface area contributed by atoms with Gasteiger partial charge in [-0.3, -0.25) is 9.59 Å². The van der Waals surface area contributed by atoms with Crippen LogP contribution >= 0.6 is 0 Å². The van der Waals surface area contributed by atoms with Gasteiger partial charge in [-0.15, -0.1) is 0 Å². The quantitative estimate of drug-likeness (QED) is 0.759. The summed E-state index contributed by atoms with van der Waals surface area (Å²) in [5.74, 6) is -1.05. The summed E-state index contributed by atoms with van der Waals surface area (Å²) in [5, 5.41) is 2.77. The fourth-order valence-electron chi connectivity index (χ4n) is 2.08. The molecule has 2 N–H and O–H groups in total. The largest absolute Gasteiger partial charge is 0.360 e. The summed E-state index contributed by atoms with van der Waals surface area (Å²) in [6.07, 6.45) is 1.33. The average molecular weight is 282 g/mol. The molecule has 0 aliphatic rings. The first kappa shape index (κ1) is 13.1. The maximum absolute atomic E-state index is 13.2. The molecule has 1 aromatic heterocycles. The number of aromatic amines is 1. The van der Waals surface area contributed by atoms with E-state index in [0.717, 1.165) is 6.07 Å². The molecule has 0 aliphatic carbocycles. The number of rotatable bonds is 2. The van der Waals surface area contributed by atoms with E-state index in [-0.39, 0.29) is 10.9 Å². The standard InChI is InChI=1S/C16H11FN2O2/c17-10-6-7-14-12(8-10)15(20)13(9-18-14)16(21)19-11-4-2-1-3-5-11/h1-9H,(H,18,20)(H,19,21). The minimum absolute atomic E-state index is 0.0584. The molecule has 21 heavy (non-hydrogen) atoms. The van der Waals surface area contributed by atoms with E-state index < -0.39 is 17.2 Å². The number of nitrogens with one attached hydrogen (secondary N) is 2. The predicted octanol–water partition coefficient (Wildman–Crippen LogP) is 2.92. The van der Waals surface area contributed by atoms with Gasteiger partial charge in [-0.2, -0.15) is 0 Å². The third-order valence-corrected chi connectivity index (χ3v) is 3.12. The molecule has 0 radical (unpaired) electrons. The second kappa shape index (κ2) is 5.20. The van der Waals surface area contributed by atoms with Gasteiger partial charge in [0.2, 0.25) is 5.43 Å². The van der Waals surface area contributed by atoms with Crippen LogP contribution in [0, 0.1) is 5.82 Å². The molecule has 4 nitrogen and oxygen atoms in total. The van der Waals surface area contributed by atoms with Gasteiger partial charge in [-0.05, 0) is 30.3 Å². The van der Waals surface area contributed by atoms with E-state index in [1.807, 2.05) is 6.07 Å². The Bertz CT molecular complexity index is 872. The second-order valence-corrected chi connectivity index (χ2v) is 4.54. The number of fused-ring (bicyclic) bond motifs is 1. The number of halogens is 1. The molecule has 3 rings (SSSR count). The molecule has 1 heterocycles. The van der Waals surface area contributed by atoms with Crippen LogP contribution < -0.4 is 10.7 Å². The highest BCUT2D eigenvalue weighted by atomic mass is 19.1. The van der Waals surface area contributed by atoms with Gasteiger partial charge in [-0.25, -0.2) is 4.39 Å². The summed E-state index contributed by atoms with van der Waals surface area (Å²) >= 11 is 0. The molecule has 0 saturated carbocycles. The Kier molecular flexibility index (Phi) is 3.23. The molecular formula is C16H11FN2O2. The zero-order valence-electron chi connectivity index (χ0n) is 10.9. The summed E-state index contributed by atoms with van der Waals surface area (Å²) in [4.78, 5) is 27.2. The SMILES string of the molecule is O=C(Nc1ccccc1)c1c[nH]c2ccc(F)cc2c1=O. The summed E-state index contributed by atoms with van der Waals surface area (Å²) in [6.45, 7) is 0. The number of pyridine rings is 1. The zero-order chi connectivity index (χ0) is 14.8. The molecular weight excluding hydrogens is 271 g/mol. The number of H-pyrrole nitrogens is 1. The first-order chi connectivity index (χ1) is 10.1. The van der Waals surface area contributed by atoms with Crippen molar-refractivity contribution in [3.63, 3.8) is 0 Å². The lowest BCUT2D eigenvalue weighted by Gasteiger charge is -2.05. The Morgan fingerprint density at radius 1 is 1.10 bits per heavy atom. The third-order valence-electron chi connectivity index (χ3n) is 3.12. The van der Waals surface area contributed by atoms with E-state index in [4.69, 9.17) is 0 Å². The van der Waals surface area contributed by atoms with E-state index >= 15 is 0 Å². The Morgan fingerprint density at radius 3 is 2.62 bits per heavy atom. The van der Waals surface area contributed by atoms with Gasteiger partial charge >= 0.3 is 0 Å². The van der Waals surface area contributed by atoms with Crippen LogP contribution in [0.25, 0.3) is 10.9 Å². The molecule has 0 unspecified atom stereocenters. The molecule has 0 bridgehead atoms. The molecule has 0 aliphatic heterocycles. The molecule has 0 atom stereocenters. The number of carbonyl (C=O) groups is 1. The molecule has 0 spiro atoms. The summed E-state index contributed by atoms with van der Waals surface area (Å²) < 4.78 is 13.2. The van der Waals surface area contributed by atoms with Crippen molar-refractivity contribution in [1.29, 1.82) is 0 Å². The first-order valence-electron chi connectivity index (χ1n) is 6.32. The van der Waals surface area contributed by atoms with E-state index in [0.29, 0.717) is 11.2 Å². The fourth-order valence-corrected chi connectivity index (χ4v) is 2.08. The number of carbonyl (C=O) groups excluding carboxylic acids is 1. The molecule has 0 fully saturated rings. The van der Waals surface area contributed by atoms with Crippen LogP contribution in [0.4, 0.5) is 10.1 Å². The summed E-state index contributed by atoms with van der Waals surface area (Å²) in [5.41, 5.74) is 0.507. The van der Waals surface area contributed by atoms with Gasteiger partial charge in [0.05, 0.1) is 0 Å². The predicted molar refractivity (Wildman–Crippen MR) is 78.9 cm³/mol. The topological polar surface area (TPSA) is 62.0 Å². The van der Waals surface area contributed by atoms with Gasteiger partial charge in [-0.1, -0.05) is 18.2 Å². The van der Waals surface area contributed by atoms with E-state index in [1.54, 1.807) is 24.3 Å². The lowest BCUT2D eigenvalue weighted by Crippen LogP contribution is -2.21. The van der Waals surface area contributed by atoms with Crippen LogP contribution in [0.2, 0.25) is 0 Å². The molecule has 1 amide bonds. The molecule has 3 aromatic rings. The summed E-state index contributed by atoms with van der Waals surface area (Å²) in [6, 6.07) is 12.6. The van der Waals surface area contributed by atoms with Crippen LogP contribution in [-0.2, 0) is 0 Å². The van der Waals surface area contributed by atoms with Crippen molar-refractivity contribution in [2.24, 2.45) is 0 Å². The smallest absolute Gasteiger partial charge is 0.261 e. The van der Waals surface area contributed by atoms with Gasteiger partial charge in [0, 0.05) is 22.8 Å². The number of hydrogen-bond acceptors (Lipinski definition) is 2. The third kappa shape index (κ3) is 2.53. The zero-order valence-corrected chi connectivity index (χ0v) is 10.9. The van der Waals surface area contributed by atoms with E-state index in [2.05, 4.69) is 10.3 Å². The maximum atomic E-state index is 13.2. The molecule has 0 saturated heterocycles. The number of para-hydroxylation sites is 1. The summed E-state index contributed by atoms with van der Waals surface area (Å²) in [7, 11) is 0. The maximum Gasteiger partial charge on any atom is 0.261 e. The minimum atomic E-state index is -0.534. The Labute approximate surface area is 119 Å². The monoisotopic (exact) mass is 282 g/mol. The first-order valence-corrected chi connectivity index (χ1v) is 6.32. The highest BCUT2D eigenvalue weighted by Crippen LogP contribution is 2.11. The van der Waals surface area contributed by atoms with Crippen LogP contribution in [0.1, 0.15) is 10.4 Å². The Morgan fingerprint density at radius 2 is 1.86 bits per heavy atom. The van der Waals surface area contributed by atoms with Crippen LogP contribution in [0.15, 0.2) is 59.5 Å². The van der Waals surface area contributed by atoms with Crippen molar-refractivity contribution >= 4 is 22.5 Å². The minimum Gasteiger partial charge on any atom is -0.360 e. The number of aromatic nitrogens is 1. The van der Waals surface area contributed by atoms with Crippen LogP contribution in [0.3, 0.4) is 0 Å². The highest BCUT2D eigenvalue weighted by molar-refractivity contribution is 6.05. The fraction of sp³-hybridized carbons (Fsp3) is 0. The van der Waals surface area contributed by atoms with Gasteiger partial charge in [0.25, 0.3) is 5.91 Å². The van der Waals surface area contributed by atoms with Crippen molar-refractivity contribution in [3.05, 3.63) is 76.3 Å². The van der Waals surface area contributed by atoms with Crippen LogP contribution in [0.5, 0.6) is 0 Å². The van der Waals surface area contributed by atoms with Gasteiger partial charge < -0.3 is 10.3 Å². The molecule has 5 heteroatoms. The Hall–Kier alpha value is -2.95.